The number of rotatable bonds is 6. The number of hydrogen-bond donors (Lipinski definition) is 6. The van der Waals surface area contributed by atoms with Gasteiger partial charge < -0.3 is 31.5 Å². The third-order valence-corrected chi connectivity index (χ3v) is 9.61. The van der Waals surface area contributed by atoms with Crippen LogP contribution < -0.4 is 11.1 Å². The molecule has 3 aromatic carbocycles. The van der Waals surface area contributed by atoms with Crippen LogP contribution in [0.15, 0.2) is 65.4 Å². The van der Waals surface area contributed by atoms with Crippen molar-refractivity contribution >= 4 is 34.0 Å². The molecule has 0 unspecified atom stereocenters. The summed E-state index contributed by atoms with van der Waals surface area (Å²) in [6, 6.07) is 14.5. The predicted octanol–water partition coefficient (Wildman–Crippen LogP) is 3.28. The van der Waals surface area contributed by atoms with E-state index in [-0.39, 0.29) is 29.7 Å². The Labute approximate surface area is 260 Å². The Morgan fingerprint density at radius 1 is 1.02 bits per heavy atom. The molecule has 234 valence electrons. The summed E-state index contributed by atoms with van der Waals surface area (Å²) in [5, 5.41) is 51.1. The Kier molecular flexibility index (Phi) is 7.35. The van der Waals surface area contributed by atoms with Gasteiger partial charge in [0.25, 0.3) is 5.91 Å². The minimum absolute atomic E-state index is 0.0292. The molecule has 3 aromatic rings. The minimum atomic E-state index is -2.67. The monoisotopic (exact) mass is 611 g/mol. The van der Waals surface area contributed by atoms with Gasteiger partial charge in [-0.1, -0.05) is 56.3 Å². The van der Waals surface area contributed by atoms with E-state index in [0.29, 0.717) is 18.2 Å². The lowest BCUT2D eigenvalue weighted by atomic mass is 9.57. The predicted molar refractivity (Wildman–Crippen MR) is 169 cm³/mol. The third kappa shape index (κ3) is 4.47. The Bertz CT molecular complexity index is 1860. The van der Waals surface area contributed by atoms with E-state index in [1.807, 2.05) is 24.3 Å². The van der Waals surface area contributed by atoms with Crippen molar-refractivity contribution in [1.29, 1.82) is 0 Å². The van der Waals surface area contributed by atoms with Crippen LogP contribution in [0.25, 0.3) is 27.7 Å². The van der Waals surface area contributed by atoms with Crippen LogP contribution in [-0.2, 0) is 27.3 Å². The zero-order chi connectivity index (χ0) is 32.5. The van der Waals surface area contributed by atoms with Gasteiger partial charge in [0.1, 0.15) is 22.8 Å². The molecule has 1 amide bonds. The molecular formula is C35H37N3O7. The van der Waals surface area contributed by atoms with Gasteiger partial charge in [-0.2, -0.15) is 0 Å². The zero-order valence-electron chi connectivity index (χ0n) is 25.6. The number of fused-ring (bicyclic) bond motifs is 4. The maximum atomic E-state index is 14.1. The molecule has 0 spiro atoms. The molecule has 3 aliphatic rings. The molecule has 1 saturated carbocycles. The fraction of sp³-hybridized carbons (Fsp3) is 0.343. The van der Waals surface area contributed by atoms with Gasteiger partial charge in [-0.15, -0.1) is 0 Å². The van der Waals surface area contributed by atoms with Gasteiger partial charge in [-0.05, 0) is 71.9 Å². The van der Waals surface area contributed by atoms with Gasteiger partial charge in [-0.25, -0.2) is 0 Å². The van der Waals surface area contributed by atoms with E-state index in [2.05, 4.69) is 31.3 Å². The molecule has 0 heterocycles. The summed E-state index contributed by atoms with van der Waals surface area (Å²) < 4.78 is 0. The second-order valence-electron chi connectivity index (χ2n) is 12.8. The van der Waals surface area contributed by atoms with Crippen LogP contribution in [0.2, 0.25) is 0 Å². The second-order valence-corrected chi connectivity index (χ2v) is 12.8. The quantitative estimate of drug-likeness (QED) is 0.229. The zero-order valence-corrected chi connectivity index (χ0v) is 25.6. The summed E-state index contributed by atoms with van der Waals surface area (Å²) in [4.78, 5) is 41.2. The van der Waals surface area contributed by atoms with Gasteiger partial charge in [0.15, 0.2) is 11.4 Å². The minimum Gasteiger partial charge on any atom is -0.508 e. The maximum Gasteiger partial charge on any atom is 0.255 e. The number of ketones is 2. The van der Waals surface area contributed by atoms with Crippen LogP contribution in [0, 0.1) is 11.8 Å². The van der Waals surface area contributed by atoms with Crippen molar-refractivity contribution in [2.24, 2.45) is 17.6 Å². The number of phenols is 1. The number of aliphatic hydroxyl groups is 3. The molecule has 6 rings (SSSR count). The van der Waals surface area contributed by atoms with Crippen molar-refractivity contribution in [2.75, 3.05) is 14.1 Å². The normalized spacial score (nSPS) is 24.7. The van der Waals surface area contributed by atoms with E-state index in [1.54, 1.807) is 20.2 Å². The number of amides is 1. The van der Waals surface area contributed by atoms with E-state index in [1.165, 1.54) is 11.0 Å². The number of phenolic OH excluding ortho intramolecular Hbond substituents is 1. The number of carbonyl (C=O) groups excluding carboxylic acids is 3. The van der Waals surface area contributed by atoms with Gasteiger partial charge in [-0.3, -0.25) is 19.3 Å². The van der Waals surface area contributed by atoms with Crippen molar-refractivity contribution in [1.82, 2.24) is 10.2 Å². The summed E-state index contributed by atoms with van der Waals surface area (Å²) >= 11 is 0. The number of benzene rings is 3. The Morgan fingerprint density at radius 2 is 1.69 bits per heavy atom. The van der Waals surface area contributed by atoms with Crippen LogP contribution in [0.5, 0.6) is 5.75 Å². The number of aromatic hydroxyl groups is 1. The van der Waals surface area contributed by atoms with Crippen molar-refractivity contribution in [2.45, 2.75) is 50.9 Å². The molecule has 3 aliphatic carbocycles. The first-order valence-electron chi connectivity index (χ1n) is 15.0. The lowest BCUT2D eigenvalue weighted by Gasteiger charge is -2.50. The number of nitrogens with two attached hydrogens (primary N) is 1. The highest BCUT2D eigenvalue weighted by Gasteiger charge is 2.64. The summed E-state index contributed by atoms with van der Waals surface area (Å²) in [5.74, 6) is -6.72. The molecule has 0 saturated heterocycles. The standard InChI is InChI=1S/C35H37N3O7/c1-16(2)37-15-17-9-10-21(20-8-6-5-7-19(17)20)22-11-12-25(39)27-23(22)13-18-14-24-29(38(3)4)31(41)28(34(36)44)33(43)35(24,45)32(42)26(18)30(27)40/h5-12,16,18,24,29,37,39-40,43,45H,13-15H2,1-4H3,(H2,36,44)/t18-,24-,29-,35+/m1/s1. The first-order chi connectivity index (χ1) is 21.3. The highest BCUT2D eigenvalue weighted by molar-refractivity contribution is 6.24. The largest absolute Gasteiger partial charge is 0.508 e. The van der Waals surface area contributed by atoms with Gasteiger partial charge in [0, 0.05) is 24.1 Å². The van der Waals surface area contributed by atoms with Crippen molar-refractivity contribution in [3.8, 4) is 16.9 Å². The molecule has 0 radical (unpaired) electrons. The average molecular weight is 612 g/mol. The molecule has 10 heteroatoms. The molecule has 7 N–H and O–H groups in total. The van der Waals surface area contributed by atoms with E-state index in [4.69, 9.17) is 5.73 Å². The first-order valence-corrected chi connectivity index (χ1v) is 15.0. The molecular weight excluding hydrogens is 574 g/mol. The molecule has 0 aliphatic heterocycles. The summed E-state index contributed by atoms with van der Waals surface area (Å²) in [7, 11) is 3.16. The summed E-state index contributed by atoms with van der Waals surface area (Å²) in [6.45, 7) is 4.85. The van der Waals surface area contributed by atoms with Crippen molar-refractivity contribution in [3.63, 3.8) is 0 Å². The van der Waals surface area contributed by atoms with Crippen LogP contribution in [0.4, 0.5) is 0 Å². The topological polar surface area (TPSA) is 173 Å². The number of Topliss-reactive ketones (excluding diaryl/α,β-unsaturated/α-hetero) is 2. The number of aliphatic hydroxyl groups excluding tert-OH is 2. The Balaban J connectivity index is 1.54. The number of nitrogens with one attached hydrogen (secondary N) is 1. The molecule has 1 fully saturated rings. The maximum absolute atomic E-state index is 14.1. The number of carbonyl (C=O) groups is 3. The summed E-state index contributed by atoms with van der Waals surface area (Å²) in [6.07, 6.45) is 0.241. The molecule has 0 bridgehead atoms. The Morgan fingerprint density at radius 3 is 2.33 bits per heavy atom. The number of nitrogens with zero attached hydrogens (tertiary/aromatic N) is 1. The molecule has 45 heavy (non-hydrogen) atoms. The van der Waals surface area contributed by atoms with Gasteiger partial charge >= 0.3 is 0 Å². The lowest BCUT2D eigenvalue weighted by molar-refractivity contribution is -0.153. The molecule has 4 atom stereocenters. The van der Waals surface area contributed by atoms with Crippen LogP contribution in [0.3, 0.4) is 0 Å². The fourth-order valence-electron chi connectivity index (χ4n) is 7.56. The number of primary amides is 1. The van der Waals surface area contributed by atoms with E-state index in [9.17, 15) is 34.8 Å². The summed E-state index contributed by atoms with van der Waals surface area (Å²) in [5.41, 5.74) is 5.20. The first kappa shape index (κ1) is 30.5. The van der Waals surface area contributed by atoms with Crippen LogP contribution >= 0.6 is 0 Å². The van der Waals surface area contributed by atoms with E-state index < -0.39 is 58.0 Å². The smallest absolute Gasteiger partial charge is 0.255 e. The van der Waals surface area contributed by atoms with E-state index >= 15 is 0 Å². The highest BCUT2D eigenvalue weighted by atomic mass is 16.3. The SMILES string of the molecule is CC(C)NCc1ccc(-c2ccc(O)c3c2C[C@@H]2C[C@@H]4[C@@H](N(C)C)C(=O)C(C(N)=O)=C(O)[C@@]4(O)C(=O)C2=C3O)c2ccccc12. The lowest BCUT2D eigenvalue weighted by Crippen LogP contribution is -2.65. The van der Waals surface area contributed by atoms with Crippen molar-refractivity contribution < 1.29 is 34.8 Å². The average Bonchev–Trinajstić information content (AvgIpc) is 2.97. The van der Waals surface area contributed by atoms with Crippen LogP contribution in [0.1, 0.15) is 37.0 Å². The van der Waals surface area contributed by atoms with Crippen LogP contribution in [-0.4, -0.2) is 74.6 Å². The number of hydrogen-bond acceptors (Lipinski definition) is 9. The molecule has 10 nitrogen and oxygen atoms in total. The fourth-order valence-corrected chi connectivity index (χ4v) is 7.56. The van der Waals surface area contributed by atoms with Crippen molar-refractivity contribution in [3.05, 3.63) is 82.1 Å². The third-order valence-electron chi connectivity index (χ3n) is 9.61. The van der Waals surface area contributed by atoms with Gasteiger partial charge in [0.2, 0.25) is 5.78 Å². The van der Waals surface area contributed by atoms with Gasteiger partial charge in [0.05, 0.1) is 11.6 Å². The molecule has 0 aromatic heterocycles. The highest BCUT2D eigenvalue weighted by Crippen LogP contribution is 2.54. The Hall–Kier alpha value is -4.51. The van der Waals surface area contributed by atoms with E-state index in [0.717, 1.165) is 27.5 Å². The second kappa shape index (κ2) is 10.8. The number of likely N-dealkylation sites (N-methyl/N-ethyl adjacent to an activating group) is 1.